The standard InChI is InChI=1S/C11H14F4Si/c1-16(2,3)10(12)8-4-6-9(7-5-8)11(13,14)15/h4-7,10H,1-3H3. The van der Waals surface area contributed by atoms with Crippen LogP contribution >= 0.6 is 0 Å². The molecule has 0 saturated heterocycles. The molecule has 1 aromatic carbocycles. The topological polar surface area (TPSA) is 0 Å². The van der Waals surface area contributed by atoms with Crippen LogP contribution in [0.4, 0.5) is 17.6 Å². The van der Waals surface area contributed by atoms with Crippen molar-refractivity contribution in [2.75, 3.05) is 0 Å². The lowest BCUT2D eigenvalue weighted by Crippen LogP contribution is -2.27. The molecule has 5 heteroatoms. The van der Waals surface area contributed by atoms with Crippen LogP contribution in [0.3, 0.4) is 0 Å². The van der Waals surface area contributed by atoms with Crippen molar-refractivity contribution in [2.45, 2.75) is 31.6 Å². The summed E-state index contributed by atoms with van der Waals surface area (Å²) >= 11 is 0. The maximum absolute atomic E-state index is 13.9. The molecule has 0 radical (unpaired) electrons. The third-order valence-corrected chi connectivity index (χ3v) is 4.15. The van der Waals surface area contributed by atoms with E-state index in [1.807, 2.05) is 19.6 Å². The first-order valence-corrected chi connectivity index (χ1v) is 8.51. The van der Waals surface area contributed by atoms with Crippen molar-refractivity contribution in [3.63, 3.8) is 0 Å². The summed E-state index contributed by atoms with van der Waals surface area (Å²) in [6, 6.07) is 4.32. The molecule has 0 bridgehead atoms. The van der Waals surface area contributed by atoms with Crippen LogP contribution in [0.15, 0.2) is 24.3 Å². The molecule has 90 valence electrons. The second kappa shape index (κ2) is 4.20. The number of hydrogen-bond donors (Lipinski definition) is 0. The first-order chi connectivity index (χ1) is 7.12. The molecule has 0 aliphatic carbocycles. The Morgan fingerprint density at radius 2 is 1.44 bits per heavy atom. The van der Waals surface area contributed by atoms with Crippen molar-refractivity contribution >= 4 is 8.07 Å². The first kappa shape index (κ1) is 13.2. The average Bonchev–Trinajstić information content (AvgIpc) is 2.14. The summed E-state index contributed by atoms with van der Waals surface area (Å²) in [6.45, 7) is 5.53. The molecule has 0 amide bonds. The number of halogens is 4. The van der Waals surface area contributed by atoms with Crippen LogP contribution in [-0.4, -0.2) is 8.07 Å². The maximum atomic E-state index is 13.9. The Balaban J connectivity index is 2.96. The van der Waals surface area contributed by atoms with E-state index in [1.54, 1.807) is 0 Å². The molecule has 0 heterocycles. The van der Waals surface area contributed by atoms with Gasteiger partial charge in [0.15, 0.2) is 0 Å². The maximum Gasteiger partial charge on any atom is 0.416 e. The van der Waals surface area contributed by atoms with Crippen molar-refractivity contribution in [1.29, 1.82) is 0 Å². The number of hydrogen-bond acceptors (Lipinski definition) is 0. The third kappa shape index (κ3) is 3.07. The van der Waals surface area contributed by atoms with Gasteiger partial charge in [-0.2, -0.15) is 13.2 Å². The molecule has 16 heavy (non-hydrogen) atoms. The summed E-state index contributed by atoms with van der Waals surface area (Å²) in [5, 5.41) is 0. The van der Waals surface area contributed by atoms with Crippen molar-refractivity contribution in [1.82, 2.24) is 0 Å². The van der Waals surface area contributed by atoms with Gasteiger partial charge in [-0.15, -0.1) is 0 Å². The van der Waals surface area contributed by atoms with Gasteiger partial charge >= 0.3 is 6.18 Å². The van der Waals surface area contributed by atoms with Gasteiger partial charge < -0.3 is 0 Å². The van der Waals surface area contributed by atoms with Gasteiger partial charge in [-0.3, -0.25) is 0 Å². The van der Waals surface area contributed by atoms with Crippen LogP contribution in [0.1, 0.15) is 16.9 Å². The van der Waals surface area contributed by atoms with Crippen LogP contribution < -0.4 is 0 Å². The van der Waals surface area contributed by atoms with E-state index in [0.717, 1.165) is 12.1 Å². The SMILES string of the molecule is C[Si](C)(C)C(F)c1ccc(C(F)(F)F)cc1. The second-order valence-electron chi connectivity index (χ2n) is 4.85. The van der Waals surface area contributed by atoms with Gasteiger partial charge in [0.1, 0.15) is 5.79 Å². The summed E-state index contributed by atoms with van der Waals surface area (Å²) < 4.78 is 50.7. The predicted octanol–water partition coefficient (Wildman–Crippen LogP) is 4.59. The van der Waals surface area contributed by atoms with Crippen molar-refractivity contribution in [3.05, 3.63) is 35.4 Å². The Bertz CT molecular complexity index is 348. The predicted molar refractivity (Wildman–Crippen MR) is 58.6 cm³/mol. The average molecular weight is 250 g/mol. The molecule has 1 atom stereocenters. The minimum atomic E-state index is -4.36. The van der Waals surface area contributed by atoms with Crippen molar-refractivity contribution in [2.24, 2.45) is 0 Å². The second-order valence-corrected chi connectivity index (χ2v) is 10.1. The fourth-order valence-electron chi connectivity index (χ4n) is 1.34. The lowest BCUT2D eigenvalue weighted by atomic mass is 10.1. The monoisotopic (exact) mass is 250 g/mol. The minimum absolute atomic E-state index is 0.340. The Kier molecular flexibility index (Phi) is 3.47. The molecule has 0 N–H and O–H groups in total. The zero-order valence-corrected chi connectivity index (χ0v) is 10.4. The van der Waals surface area contributed by atoms with Gasteiger partial charge in [0.2, 0.25) is 0 Å². The molecular weight excluding hydrogens is 236 g/mol. The molecule has 0 fully saturated rings. The number of rotatable bonds is 2. The number of alkyl halides is 4. The van der Waals surface area contributed by atoms with Crippen LogP contribution in [0.5, 0.6) is 0 Å². The highest BCUT2D eigenvalue weighted by atomic mass is 28.3. The normalized spacial score (nSPS) is 14.9. The molecular formula is C11H14F4Si. The minimum Gasteiger partial charge on any atom is -0.246 e. The van der Waals surface area contributed by atoms with Crippen LogP contribution in [0, 0.1) is 0 Å². The molecule has 0 aliphatic heterocycles. The Hall–Kier alpha value is -0.843. The van der Waals surface area contributed by atoms with Gasteiger partial charge in [-0.05, 0) is 17.7 Å². The fraction of sp³-hybridized carbons (Fsp3) is 0.455. The molecule has 1 aromatic rings. The van der Waals surface area contributed by atoms with E-state index in [9.17, 15) is 17.6 Å². The quantitative estimate of drug-likeness (QED) is 0.532. The van der Waals surface area contributed by atoms with Crippen LogP contribution in [-0.2, 0) is 6.18 Å². The lowest BCUT2D eigenvalue weighted by Gasteiger charge is -2.22. The largest absolute Gasteiger partial charge is 0.416 e. The molecule has 0 spiro atoms. The molecule has 0 aromatic heterocycles. The van der Waals surface area contributed by atoms with E-state index in [0.29, 0.717) is 5.56 Å². The Morgan fingerprint density at radius 3 is 1.75 bits per heavy atom. The molecule has 0 aliphatic rings. The van der Waals surface area contributed by atoms with E-state index in [1.165, 1.54) is 12.1 Å². The molecule has 0 nitrogen and oxygen atoms in total. The van der Waals surface area contributed by atoms with Gasteiger partial charge in [-0.1, -0.05) is 31.8 Å². The van der Waals surface area contributed by atoms with E-state index < -0.39 is 25.6 Å². The first-order valence-electron chi connectivity index (χ1n) is 4.93. The highest BCUT2D eigenvalue weighted by molar-refractivity contribution is 6.77. The van der Waals surface area contributed by atoms with Gasteiger partial charge in [0, 0.05) is 0 Å². The zero-order valence-electron chi connectivity index (χ0n) is 9.40. The van der Waals surface area contributed by atoms with E-state index in [4.69, 9.17) is 0 Å². The summed E-state index contributed by atoms with van der Waals surface area (Å²) in [5.74, 6) is -1.13. The zero-order chi connectivity index (χ0) is 12.6. The summed E-state index contributed by atoms with van der Waals surface area (Å²) in [6.07, 6.45) is -4.36. The lowest BCUT2D eigenvalue weighted by molar-refractivity contribution is -0.137. The van der Waals surface area contributed by atoms with Gasteiger partial charge in [-0.25, -0.2) is 4.39 Å². The smallest absolute Gasteiger partial charge is 0.246 e. The van der Waals surface area contributed by atoms with Gasteiger partial charge in [0.05, 0.1) is 13.6 Å². The fourth-order valence-corrected chi connectivity index (χ4v) is 2.53. The Labute approximate surface area is 93.3 Å². The number of benzene rings is 1. The van der Waals surface area contributed by atoms with Crippen LogP contribution in [0.2, 0.25) is 19.6 Å². The summed E-state index contributed by atoms with van der Waals surface area (Å²) in [5.41, 5.74) is -0.397. The summed E-state index contributed by atoms with van der Waals surface area (Å²) in [4.78, 5) is 0. The summed E-state index contributed by atoms with van der Waals surface area (Å²) in [7, 11) is -2.01. The Morgan fingerprint density at radius 1 is 1.00 bits per heavy atom. The van der Waals surface area contributed by atoms with Gasteiger partial charge in [0.25, 0.3) is 0 Å². The molecule has 1 rings (SSSR count). The molecule has 1 unspecified atom stereocenters. The highest BCUT2D eigenvalue weighted by Gasteiger charge is 2.32. The van der Waals surface area contributed by atoms with E-state index in [-0.39, 0.29) is 0 Å². The van der Waals surface area contributed by atoms with E-state index in [2.05, 4.69) is 0 Å². The molecule has 0 saturated carbocycles. The third-order valence-electron chi connectivity index (χ3n) is 2.29. The van der Waals surface area contributed by atoms with Crippen molar-refractivity contribution < 1.29 is 17.6 Å². The van der Waals surface area contributed by atoms with Crippen molar-refractivity contribution in [3.8, 4) is 0 Å². The van der Waals surface area contributed by atoms with E-state index >= 15 is 0 Å². The highest BCUT2D eigenvalue weighted by Crippen LogP contribution is 2.32. The van der Waals surface area contributed by atoms with Crippen LogP contribution in [0.25, 0.3) is 0 Å².